The molecular formula is C59H104NO7+. The van der Waals surface area contributed by atoms with Gasteiger partial charge in [0, 0.05) is 19.3 Å². The molecule has 0 aliphatic rings. The molecule has 0 amide bonds. The Morgan fingerprint density at radius 2 is 0.836 bits per heavy atom. The zero-order valence-corrected chi connectivity index (χ0v) is 44.1. The summed E-state index contributed by atoms with van der Waals surface area (Å²) in [7, 11) is 5.52. The first-order valence-electron chi connectivity index (χ1n) is 27.5. The molecule has 2 atom stereocenters. The number of hydrogen-bond donors (Lipinski definition) is 1. The van der Waals surface area contributed by atoms with Crippen molar-refractivity contribution in [3.8, 4) is 0 Å². The number of esters is 2. The van der Waals surface area contributed by atoms with Crippen molar-refractivity contribution < 1.29 is 38.2 Å². The lowest BCUT2D eigenvalue weighted by atomic mass is 10.0. The summed E-state index contributed by atoms with van der Waals surface area (Å²) in [6.45, 7) is 4.59. The lowest BCUT2D eigenvalue weighted by Gasteiger charge is -2.31. The summed E-state index contributed by atoms with van der Waals surface area (Å²) in [4.78, 5) is 37.2. The van der Waals surface area contributed by atoms with Crippen molar-refractivity contribution >= 4 is 17.9 Å². The summed E-state index contributed by atoms with van der Waals surface area (Å²) >= 11 is 0. The van der Waals surface area contributed by atoms with Gasteiger partial charge in [0.25, 0.3) is 0 Å². The second-order valence-corrected chi connectivity index (χ2v) is 19.5. The molecule has 67 heavy (non-hydrogen) atoms. The Morgan fingerprint density at radius 1 is 0.463 bits per heavy atom. The second kappa shape index (κ2) is 49.2. The molecule has 2 unspecified atom stereocenters. The molecule has 386 valence electrons. The smallest absolute Gasteiger partial charge is 0.362 e. The molecule has 8 heteroatoms. The molecule has 0 bridgehead atoms. The molecule has 0 fully saturated rings. The number of rotatable bonds is 49. The average Bonchev–Trinajstić information content (AvgIpc) is 3.29. The zero-order chi connectivity index (χ0) is 49.2. The maximum Gasteiger partial charge on any atom is 0.362 e. The van der Waals surface area contributed by atoms with Crippen LogP contribution in [0.25, 0.3) is 0 Å². The molecule has 0 spiro atoms. The predicted molar refractivity (Wildman–Crippen MR) is 284 cm³/mol. The quantitative estimate of drug-likeness (QED) is 0.0281. The molecule has 0 saturated carbocycles. The van der Waals surface area contributed by atoms with Crippen LogP contribution in [-0.4, -0.2) is 80.6 Å². The van der Waals surface area contributed by atoms with Gasteiger partial charge in [-0.2, -0.15) is 0 Å². The fourth-order valence-corrected chi connectivity index (χ4v) is 7.93. The fourth-order valence-electron chi connectivity index (χ4n) is 7.93. The number of nitrogens with zero attached hydrogens (tertiary/aromatic N) is 1. The fraction of sp³-hybridized carbons (Fsp3) is 0.746. The third-order valence-corrected chi connectivity index (χ3v) is 12.1. The number of carboxylic acids is 1. The van der Waals surface area contributed by atoms with Gasteiger partial charge in [0.2, 0.25) is 0 Å². The van der Waals surface area contributed by atoms with Crippen LogP contribution >= 0.6 is 0 Å². The van der Waals surface area contributed by atoms with Gasteiger partial charge in [-0.25, -0.2) is 4.79 Å². The Hall–Kier alpha value is -3.23. The minimum atomic E-state index is -0.884. The van der Waals surface area contributed by atoms with E-state index >= 15 is 0 Å². The van der Waals surface area contributed by atoms with Gasteiger partial charge in [-0.15, -0.1) is 0 Å². The molecule has 8 nitrogen and oxygen atoms in total. The van der Waals surface area contributed by atoms with E-state index in [-0.39, 0.29) is 42.7 Å². The van der Waals surface area contributed by atoms with Crippen LogP contribution in [0.1, 0.15) is 232 Å². The van der Waals surface area contributed by atoms with E-state index in [9.17, 15) is 19.5 Å². The maximum absolute atomic E-state index is 12.8. The first kappa shape index (κ1) is 63.8. The minimum absolute atomic E-state index is 0.0368. The molecule has 0 aromatic rings. The number of likely N-dealkylation sites (N-methyl/N-ethyl adjacent to an activating group) is 1. The minimum Gasteiger partial charge on any atom is -0.477 e. The molecular weight excluding hydrogens is 835 g/mol. The topological polar surface area (TPSA) is 99.1 Å². The molecule has 0 aliphatic heterocycles. The van der Waals surface area contributed by atoms with Gasteiger partial charge in [0.15, 0.2) is 12.1 Å². The zero-order valence-electron chi connectivity index (χ0n) is 44.1. The van der Waals surface area contributed by atoms with E-state index in [1.807, 2.05) is 21.1 Å². The molecule has 0 aliphatic carbocycles. The third-order valence-electron chi connectivity index (χ3n) is 12.1. The predicted octanol–water partition coefficient (Wildman–Crippen LogP) is 16.3. The Labute approximate surface area is 412 Å². The summed E-state index contributed by atoms with van der Waals surface area (Å²) in [6.07, 6.45) is 64.0. The maximum atomic E-state index is 12.8. The van der Waals surface area contributed by atoms with Crippen LogP contribution < -0.4 is 0 Å². The van der Waals surface area contributed by atoms with E-state index in [1.165, 1.54) is 128 Å². The van der Waals surface area contributed by atoms with Crippen molar-refractivity contribution in [3.05, 3.63) is 72.9 Å². The number of ether oxygens (including phenoxy) is 3. The summed E-state index contributed by atoms with van der Waals surface area (Å²) in [5, 5.41) is 9.66. The molecule has 0 rings (SSSR count). The highest BCUT2D eigenvalue weighted by Gasteiger charge is 2.31. The summed E-state index contributed by atoms with van der Waals surface area (Å²) < 4.78 is 17.3. The number of hydrogen-bond acceptors (Lipinski definition) is 6. The number of carboxylic acid groups (broad SMARTS) is 1. The van der Waals surface area contributed by atoms with Crippen molar-refractivity contribution in [2.75, 3.05) is 41.0 Å². The van der Waals surface area contributed by atoms with Crippen LogP contribution in [0.3, 0.4) is 0 Å². The largest absolute Gasteiger partial charge is 0.477 e. The number of unbranched alkanes of at least 4 members (excludes halogenated alkanes) is 23. The van der Waals surface area contributed by atoms with E-state index < -0.39 is 18.1 Å². The van der Waals surface area contributed by atoms with E-state index in [4.69, 9.17) is 14.2 Å². The molecule has 0 aromatic carbocycles. The first-order chi connectivity index (χ1) is 32.6. The van der Waals surface area contributed by atoms with Crippen molar-refractivity contribution in [3.63, 3.8) is 0 Å². The van der Waals surface area contributed by atoms with Gasteiger partial charge < -0.3 is 23.8 Å². The highest BCUT2D eigenvalue weighted by molar-refractivity contribution is 5.72. The van der Waals surface area contributed by atoms with Gasteiger partial charge in [-0.3, -0.25) is 9.59 Å². The Balaban J connectivity index is 4.26. The van der Waals surface area contributed by atoms with Gasteiger partial charge >= 0.3 is 17.9 Å². The number of carbonyl (C=O) groups is 3. The Morgan fingerprint density at radius 3 is 1.22 bits per heavy atom. The van der Waals surface area contributed by atoms with Crippen molar-refractivity contribution in [1.82, 2.24) is 0 Å². The van der Waals surface area contributed by atoms with Crippen molar-refractivity contribution in [1.29, 1.82) is 0 Å². The number of quaternary nitrogens is 1. The second-order valence-electron chi connectivity index (χ2n) is 19.5. The standard InChI is InChI=1S/C59H103NO7/c1-6-8-10-12-14-16-18-20-22-24-26-28-29-30-32-33-35-37-39-41-43-45-47-49-57(61)66-54-55(53-65-52-51-56(59(63)64)60(3,4)5)67-58(62)50-48-46-44-42-40-38-36-34-31-27-25-23-21-19-17-15-13-11-9-7-2/h9,11,15,17,21,23,27,31,36,38,42,44,55-56H,6-8,10,12-14,16,18-20,22,24-26,28-30,32-35,37,39-41,43,45-54H2,1-5H3/p+1/b11-9+,17-15+,23-21+,31-27+,38-36+,44-42+. The normalized spacial score (nSPS) is 13.4. The third kappa shape index (κ3) is 47.6. The van der Waals surface area contributed by atoms with E-state index in [2.05, 4.69) is 86.8 Å². The SMILES string of the molecule is CC/C=C/C/C=C/C/C=C/C/C=C/C/C=C/C/C=C/CCCC(=O)OC(COCCC(C(=O)O)[N+](C)(C)C)COC(=O)CCCCCCCCCCCCCCCCCCCCCCCCC. The van der Waals surface area contributed by atoms with Crippen LogP contribution in [0.4, 0.5) is 0 Å². The molecule has 0 saturated heterocycles. The van der Waals surface area contributed by atoms with Crippen LogP contribution in [0.2, 0.25) is 0 Å². The molecule has 0 radical (unpaired) electrons. The molecule has 0 aromatic heterocycles. The Kier molecular flexibility index (Phi) is 46.8. The van der Waals surface area contributed by atoms with Crippen LogP contribution in [0, 0.1) is 0 Å². The van der Waals surface area contributed by atoms with Gasteiger partial charge in [0.1, 0.15) is 6.61 Å². The highest BCUT2D eigenvalue weighted by Crippen LogP contribution is 2.16. The Bertz CT molecular complexity index is 1320. The van der Waals surface area contributed by atoms with Crippen LogP contribution in [-0.2, 0) is 28.6 Å². The number of allylic oxidation sites excluding steroid dienone is 12. The lowest BCUT2D eigenvalue weighted by Crippen LogP contribution is -2.50. The van der Waals surface area contributed by atoms with E-state index in [1.54, 1.807) is 0 Å². The number of aliphatic carboxylic acids is 1. The van der Waals surface area contributed by atoms with E-state index in [0.717, 1.165) is 64.2 Å². The summed E-state index contributed by atoms with van der Waals surface area (Å²) in [6, 6.07) is -0.628. The van der Waals surface area contributed by atoms with Crippen molar-refractivity contribution in [2.24, 2.45) is 0 Å². The lowest BCUT2D eigenvalue weighted by molar-refractivity contribution is -0.887. The van der Waals surface area contributed by atoms with Gasteiger partial charge in [-0.05, 0) is 57.8 Å². The highest BCUT2D eigenvalue weighted by atomic mass is 16.6. The van der Waals surface area contributed by atoms with Crippen LogP contribution in [0.15, 0.2) is 72.9 Å². The van der Waals surface area contributed by atoms with Crippen LogP contribution in [0.5, 0.6) is 0 Å². The first-order valence-corrected chi connectivity index (χ1v) is 27.5. The van der Waals surface area contributed by atoms with Gasteiger partial charge in [-0.1, -0.05) is 228 Å². The summed E-state index contributed by atoms with van der Waals surface area (Å²) in [5.74, 6) is -1.54. The average molecular weight is 939 g/mol. The van der Waals surface area contributed by atoms with Crippen molar-refractivity contribution in [2.45, 2.75) is 244 Å². The molecule has 1 N–H and O–H groups in total. The van der Waals surface area contributed by atoms with Gasteiger partial charge in [0.05, 0.1) is 34.4 Å². The number of carbonyl (C=O) groups excluding carboxylic acids is 2. The monoisotopic (exact) mass is 939 g/mol. The van der Waals surface area contributed by atoms with E-state index in [0.29, 0.717) is 19.3 Å². The summed E-state index contributed by atoms with van der Waals surface area (Å²) in [5.41, 5.74) is 0. The molecule has 0 heterocycles.